The summed E-state index contributed by atoms with van der Waals surface area (Å²) in [6.45, 7) is 2.19. The molecule has 1 amide bonds. The highest BCUT2D eigenvalue weighted by molar-refractivity contribution is 6.21. The van der Waals surface area contributed by atoms with E-state index in [4.69, 9.17) is 17.3 Å². The van der Waals surface area contributed by atoms with Crippen LogP contribution in [0.1, 0.15) is 32.6 Å². The van der Waals surface area contributed by atoms with Gasteiger partial charge in [-0.1, -0.05) is 13.3 Å². The van der Waals surface area contributed by atoms with E-state index >= 15 is 0 Å². The first-order valence-electron chi connectivity index (χ1n) is 4.98. The maximum Gasteiger partial charge on any atom is 0.220 e. The number of hydrogen-bond acceptors (Lipinski definition) is 1. The minimum absolute atomic E-state index is 0.0370. The highest BCUT2D eigenvalue weighted by atomic mass is 35.5. The number of hydrogen-bond donors (Lipinski definition) is 1. The summed E-state index contributed by atoms with van der Waals surface area (Å²) in [5.74, 6) is 0.231. The van der Waals surface area contributed by atoms with E-state index in [1.165, 1.54) is 6.42 Å². The number of nitrogens with two attached hydrogens (primary N) is 1. The smallest absolute Gasteiger partial charge is 0.220 e. The van der Waals surface area contributed by atoms with Crippen LogP contribution in [0, 0.1) is 17.3 Å². The fourth-order valence-electron chi connectivity index (χ4n) is 3.13. The van der Waals surface area contributed by atoms with Crippen molar-refractivity contribution in [1.82, 2.24) is 0 Å². The van der Waals surface area contributed by atoms with Crippen LogP contribution in [0.2, 0.25) is 0 Å². The molecule has 2 bridgehead atoms. The van der Waals surface area contributed by atoms with Crippen LogP contribution in [-0.2, 0) is 4.79 Å². The second kappa shape index (κ2) is 2.88. The normalized spacial score (nSPS) is 49.2. The molecule has 2 aliphatic carbocycles. The summed E-state index contributed by atoms with van der Waals surface area (Å²) in [4.78, 5) is 11.2. The zero-order valence-electron chi connectivity index (χ0n) is 7.92. The summed E-state index contributed by atoms with van der Waals surface area (Å²) in [5.41, 5.74) is 5.55. The Balaban J connectivity index is 2.26. The van der Waals surface area contributed by atoms with Crippen molar-refractivity contribution in [3.63, 3.8) is 0 Å². The number of primary amides is 1. The van der Waals surface area contributed by atoms with E-state index < -0.39 is 0 Å². The zero-order valence-corrected chi connectivity index (χ0v) is 8.68. The lowest BCUT2D eigenvalue weighted by molar-refractivity contribution is -0.122. The van der Waals surface area contributed by atoms with Crippen molar-refractivity contribution in [2.24, 2.45) is 23.0 Å². The molecule has 0 aromatic rings. The molecule has 0 aromatic heterocycles. The monoisotopic (exact) mass is 201 g/mol. The Morgan fingerprint density at radius 1 is 1.62 bits per heavy atom. The van der Waals surface area contributed by atoms with Crippen LogP contribution in [0.15, 0.2) is 0 Å². The van der Waals surface area contributed by atoms with Crippen LogP contribution in [0.25, 0.3) is 0 Å². The predicted octanol–water partition coefficient (Wildman–Crippen LogP) is 1.91. The van der Waals surface area contributed by atoms with Gasteiger partial charge >= 0.3 is 0 Å². The molecule has 0 heterocycles. The number of carbonyl (C=O) groups is 1. The average Bonchev–Trinajstić information content (AvgIpc) is 2.25. The molecular weight excluding hydrogens is 186 g/mol. The molecule has 2 aliphatic rings. The predicted molar refractivity (Wildman–Crippen MR) is 52.4 cm³/mol. The van der Waals surface area contributed by atoms with Crippen molar-refractivity contribution in [3.8, 4) is 0 Å². The van der Waals surface area contributed by atoms with Gasteiger partial charge in [-0.3, -0.25) is 4.79 Å². The van der Waals surface area contributed by atoms with Gasteiger partial charge in [0.25, 0.3) is 0 Å². The molecular formula is C10H16ClNO. The van der Waals surface area contributed by atoms with E-state index in [0.29, 0.717) is 5.92 Å². The third-order valence-corrected chi connectivity index (χ3v) is 4.75. The SMILES string of the molecule is C[C@]12CCC[C@H]([C@@H](C(N)=O)C1)[C@H]2Cl. The molecule has 2 rings (SSSR count). The molecule has 13 heavy (non-hydrogen) atoms. The summed E-state index contributed by atoms with van der Waals surface area (Å²) in [6.07, 6.45) is 4.34. The number of carbonyl (C=O) groups excluding carboxylic acids is 1. The summed E-state index contributed by atoms with van der Waals surface area (Å²) < 4.78 is 0. The molecule has 0 radical (unpaired) electrons. The molecule has 0 saturated heterocycles. The van der Waals surface area contributed by atoms with Crippen LogP contribution in [0.4, 0.5) is 0 Å². The average molecular weight is 202 g/mol. The van der Waals surface area contributed by atoms with Crippen molar-refractivity contribution in [2.45, 2.75) is 38.0 Å². The first-order valence-corrected chi connectivity index (χ1v) is 5.42. The van der Waals surface area contributed by atoms with Crippen molar-refractivity contribution < 1.29 is 4.79 Å². The molecule has 2 saturated carbocycles. The molecule has 4 atom stereocenters. The number of amides is 1. The Bertz CT molecular complexity index is 243. The van der Waals surface area contributed by atoms with Crippen LogP contribution in [-0.4, -0.2) is 11.3 Å². The van der Waals surface area contributed by atoms with Crippen molar-refractivity contribution in [2.75, 3.05) is 0 Å². The Kier molecular flexibility index (Phi) is 2.06. The van der Waals surface area contributed by atoms with Gasteiger partial charge in [-0.15, -0.1) is 11.6 Å². The minimum atomic E-state index is -0.152. The van der Waals surface area contributed by atoms with Gasteiger partial charge in [0.15, 0.2) is 0 Å². The molecule has 0 aromatic carbocycles. The Labute approximate surface area is 83.8 Å². The van der Waals surface area contributed by atoms with Gasteiger partial charge in [0, 0.05) is 11.3 Å². The standard InChI is InChI=1S/C10H16ClNO/c1-10-4-2-3-6(8(10)11)7(5-10)9(12)13/h6-8H,2-5H2,1H3,(H2,12,13)/t6-,7+,8-,10+/m1/s1. The first kappa shape index (κ1) is 9.32. The quantitative estimate of drug-likeness (QED) is 0.648. The summed E-state index contributed by atoms with van der Waals surface area (Å²) >= 11 is 6.35. The number of halogens is 1. The van der Waals surface area contributed by atoms with Gasteiger partial charge in [0.2, 0.25) is 5.91 Å². The van der Waals surface area contributed by atoms with Gasteiger partial charge < -0.3 is 5.73 Å². The third kappa shape index (κ3) is 1.26. The Morgan fingerprint density at radius 2 is 2.31 bits per heavy atom. The number of fused-ring (bicyclic) bond motifs is 2. The highest BCUT2D eigenvalue weighted by Gasteiger charge is 2.53. The molecule has 0 aliphatic heterocycles. The van der Waals surface area contributed by atoms with E-state index in [1.807, 2.05) is 0 Å². The summed E-state index contributed by atoms with van der Waals surface area (Å²) in [5, 5.41) is 0.166. The fourth-order valence-corrected chi connectivity index (χ4v) is 3.63. The van der Waals surface area contributed by atoms with Crippen LogP contribution in [0.3, 0.4) is 0 Å². The molecule has 3 heteroatoms. The van der Waals surface area contributed by atoms with Crippen LogP contribution >= 0.6 is 11.6 Å². The van der Waals surface area contributed by atoms with E-state index in [-0.39, 0.29) is 22.6 Å². The van der Waals surface area contributed by atoms with Gasteiger partial charge in [0.05, 0.1) is 0 Å². The molecule has 2 N–H and O–H groups in total. The summed E-state index contributed by atoms with van der Waals surface area (Å²) in [6, 6.07) is 0. The van der Waals surface area contributed by atoms with Crippen molar-refractivity contribution in [1.29, 1.82) is 0 Å². The maximum absolute atomic E-state index is 11.2. The molecule has 0 unspecified atom stereocenters. The van der Waals surface area contributed by atoms with Gasteiger partial charge in [-0.25, -0.2) is 0 Å². The molecule has 2 nitrogen and oxygen atoms in total. The Morgan fingerprint density at radius 3 is 2.85 bits per heavy atom. The second-order valence-corrected chi connectivity index (χ2v) is 5.30. The molecule has 74 valence electrons. The molecule has 2 fully saturated rings. The maximum atomic E-state index is 11.2. The van der Waals surface area contributed by atoms with Gasteiger partial charge in [-0.05, 0) is 30.6 Å². The largest absolute Gasteiger partial charge is 0.369 e. The lowest BCUT2D eigenvalue weighted by atomic mass is 9.77. The van der Waals surface area contributed by atoms with E-state index in [0.717, 1.165) is 19.3 Å². The number of rotatable bonds is 1. The third-order valence-electron chi connectivity index (χ3n) is 3.90. The highest BCUT2D eigenvalue weighted by Crippen LogP contribution is 2.56. The second-order valence-electron chi connectivity index (χ2n) is 4.82. The Hall–Kier alpha value is -0.240. The van der Waals surface area contributed by atoms with Crippen molar-refractivity contribution in [3.05, 3.63) is 0 Å². The van der Waals surface area contributed by atoms with Crippen LogP contribution in [0.5, 0.6) is 0 Å². The number of alkyl halides is 1. The summed E-state index contributed by atoms with van der Waals surface area (Å²) in [7, 11) is 0. The van der Waals surface area contributed by atoms with E-state index in [2.05, 4.69) is 6.92 Å². The van der Waals surface area contributed by atoms with Crippen molar-refractivity contribution >= 4 is 17.5 Å². The van der Waals surface area contributed by atoms with Gasteiger partial charge in [-0.2, -0.15) is 0 Å². The fraction of sp³-hybridized carbons (Fsp3) is 0.900. The lowest BCUT2D eigenvalue weighted by Gasteiger charge is -2.34. The minimum Gasteiger partial charge on any atom is -0.369 e. The van der Waals surface area contributed by atoms with E-state index in [9.17, 15) is 4.79 Å². The zero-order chi connectivity index (χ0) is 9.64. The lowest BCUT2D eigenvalue weighted by Crippen LogP contribution is -2.32. The molecule has 0 spiro atoms. The topological polar surface area (TPSA) is 43.1 Å². The first-order chi connectivity index (χ1) is 6.04. The van der Waals surface area contributed by atoms with E-state index in [1.54, 1.807) is 0 Å². The van der Waals surface area contributed by atoms with Gasteiger partial charge in [0.1, 0.15) is 0 Å². The van der Waals surface area contributed by atoms with Crippen LogP contribution < -0.4 is 5.73 Å².